The van der Waals surface area contributed by atoms with E-state index in [0.29, 0.717) is 6.04 Å². The minimum absolute atomic E-state index is 0.450. The zero-order valence-corrected chi connectivity index (χ0v) is 19.8. The summed E-state index contributed by atoms with van der Waals surface area (Å²) in [4.78, 5) is 0.964. The molecule has 2 rings (SSSR count). The van der Waals surface area contributed by atoms with Crippen LogP contribution in [0, 0.1) is 13.8 Å². The minimum Gasteiger partial charge on any atom is -0.497 e. The molecule has 0 radical (unpaired) electrons. The minimum atomic E-state index is -1.06. The van der Waals surface area contributed by atoms with Crippen LogP contribution >= 0.6 is 0 Å². The van der Waals surface area contributed by atoms with Gasteiger partial charge in [0.15, 0.2) is 0 Å². The molecule has 0 aromatic heterocycles. The van der Waals surface area contributed by atoms with Gasteiger partial charge in [0.2, 0.25) is 0 Å². The van der Waals surface area contributed by atoms with Crippen molar-refractivity contribution in [2.24, 2.45) is 0 Å². The zero-order chi connectivity index (χ0) is 20.7. The summed E-state index contributed by atoms with van der Waals surface area (Å²) in [7, 11) is 0.614. The first-order valence-electron chi connectivity index (χ1n) is 10.4. The Bertz CT molecular complexity index is 480. The second-order valence-electron chi connectivity index (χ2n) is 5.54. The predicted molar refractivity (Wildman–Crippen MR) is 118 cm³/mol. The Morgan fingerprint density at radius 3 is 1.96 bits per heavy atom. The van der Waals surface area contributed by atoms with Crippen LogP contribution in [0.15, 0.2) is 17.0 Å². The quantitative estimate of drug-likeness (QED) is 0.578. The molecule has 0 aliphatic carbocycles. The summed E-state index contributed by atoms with van der Waals surface area (Å²) in [5.41, 5.74) is 2.11. The number of aryl methyl sites for hydroxylation is 2. The summed E-state index contributed by atoms with van der Waals surface area (Å²) in [6, 6.07) is 4.40. The Morgan fingerprint density at radius 2 is 1.54 bits per heavy atom. The van der Waals surface area contributed by atoms with E-state index in [1.54, 1.807) is 7.11 Å². The molecule has 0 N–H and O–H groups in total. The van der Waals surface area contributed by atoms with Crippen molar-refractivity contribution in [3.8, 4) is 5.75 Å². The molecule has 1 aliphatic rings. The third kappa shape index (κ3) is 7.79. The van der Waals surface area contributed by atoms with E-state index in [-0.39, 0.29) is 0 Å². The fourth-order valence-corrected chi connectivity index (χ4v) is 4.74. The number of hydrogen-bond donors (Lipinski definition) is 0. The van der Waals surface area contributed by atoms with Gasteiger partial charge in [-0.15, -0.1) is 0 Å². The molecule has 1 fully saturated rings. The van der Waals surface area contributed by atoms with Crippen molar-refractivity contribution in [1.29, 1.82) is 0 Å². The van der Waals surface area contributed by atoms with Gasteiger partial charge in [0.05, 0.1) is 12.0 Å². The highest BCUT2D eigenvalue weighted by Crippen LogP contribution is 2.30. The second kappa shape index (κ2) is 16.3. The number of ether oxygens (including phenoxy) is 1. The maximum Gasteiger partial charge on any atom is 0.128 e. The molecule has 1 heterocycles. The van der Waals surface area contributed by atoms with Crippen molar-refractivity contribution in [1.82, 2.24) is 4.31 Å². The van der Waals surface area contributed by atoms with E-state index >= 15 is 0 Å². The van der Waals surface area contributed by atoms with Crippen LogP contribution in [-0.2, 0) is 11.0 Å². The smallest absolute Gasteiger partial charge is 0.128 e. The Morgan fingerprint density at radius 1 is 1.04 bits per heavy atom. The van der Waals surface area contributed by atoms with E-state index in [2.05, 4.69) is 11.2 Å². The molecule has 4 heteroatoms. The van der Waals surface area contributed by atoms with E-state index in [1.165, 1.54) is 6.42 Å². The van der Waals surface area contributed by atoms with Crippen molar-refractivity contribution in [2.45, 2.75) is 98.9 Å². The fraction of sp³-hybridized carbons (Fsp3) is 0.727. The first kappa shape index (κ1) is 27.3. The van der Waals surface area contributed by atoms with Crippen LogP contribution in [0.1, 0.15) is 85.3 Å². The zero-order valence-electron chi connectivity index (χ0n) is 18.9. The van der Waals surface area contributed by atoms with E-state index in [1.807, 2.05) is 67.5 Å². The Hall–Kier alpha value is -0.870. The SMILES string of the molecule is CC.CC.CC.CCC1CCCCN1S(=O)c1c(C)cc(OC)cc1C. The molecule has 2 unspecified atom stereocenters. The van der Waals surface area contributed by atoms with Gasteiger partial charge in [-0.25, -0.2) is 8.51 Å². The molecule has 0 bridgehead atoms. The van der Waals surface area contributed by atoms with Gasteiger partial charge >= 0.3 is 0 Å². The van der Waals surface area contributed by atoms with E-state index in [0.717, 1.165) is 47.6 Å². The maximum absolute atomic E-state index is 13.0. The first-order chi connectivity index (χ1) is 12.6. The third-order valence-electron chi connectivity index (χ3n) is 4.10. The van der Waals surface area contributed by atoms with Crippen molar-refractivity contribution in [2.75, 3.05) is 13.7 Å². The third-order valence-corrected chi connectivity index (χ3v) is 6.00. The van der Waals surface area contributed by atoms with E-state index in [4.69, 9.17) is 4.74 Å². The van der Waals surface area contributed by atoms with Crippen LogP contribution in [0.3, 0.4) is 0 Å². The van der Waals surface area contributed by atoms with Gasteiger partial charge in [-0.3, -0.25) is 0 Å². The highest BCUT2D eigenvalue weighted by atomic mass is 32.2. The average Bonchev–Trinajstić information content (AvgIpc) is 2.71. The lowest BCUT2D eigenvalue weighted by Crippen LogP contribution is -2.40. The van der Waals surface area contributed by atoms with Crippen LogP contribution in [0.4, 0.5) is 0 Å². The number of rotatable bonds is 4. The molecule has 1 saturated heterocycles. The van der Waals surface area contributed by atoms with Crippen LogP contribution in [0.5, 0.6) is 5.75 Å². The topological polar surface area (TPSA) is 29.5 Å². The van der Waals surface area contributed by atoms with Gasteiger partial charge in [-0.05, 0) is 56.4 Å². The van der Waals surface area contributed by atoms with Gasteiger partial charge in [0.25, 0.3) is 0 Å². The monoisotopic (exact) mass is 385 g/mol. The normalized spacial score (nSPS) is 17.4. The lowest BCUT2D eigenvalue weighted by Gasteiger charge is -2.34. The summed E-state index contributed by atoms with van der Waals surface area (Å²) >= 11 is 0. The van der Waals surface area contributed by atoms with Crippen molar-refractivity contribution in [3.05, 3.63) is 23.3 Å². The van der Waals surface area contributed by atoms with Crippen LogP contribution in [0.2, 0.25) is 0 Å². The summed E-state index contributed by atoms with van der Waals surface area (Å²) < 4.78 is 20.5. The summed E-state index contributed by atoms with van der Waals surface area (Å²) in [6.45, 7) is 19.2. The molecule has 1 aromatic rings. The highest BCUT2D eigenvalue weighted by molar-refractivity contribution is 7.82. The Kier molecular flexibility index (Phi) is 17.2. The maximum atomic E-state index is 13.0. The molecule has 26 heavy (non-hydrogen) atoms. The molecule has 0 amide bonds. The van der Waals surface area contributed by atoms with Crippen molar-refractivity contribution < 1.29 is 8.95 Å². The number of benzene rings is 1. The van der Waals surface area contributed by atoms with Gasteiger partial charge in [0, 0.05) is 12.6 Å². The second-order valence-corrected chi connectivity index (χ2v) is 6.91. The Labute approximate surface area is 166 Å². The number of hydrogen-bond acceptors (Lipinski definition) is 2. The van der Waals surface area contributed by atoms with Gasteiger partial charge in [-0.2, -0.15) is 0 Å². The Balaban J connectivity index is 0. The summed E-state index contributed by atoms with van der Waals surface area (Å²) in [5, 5.41) is 0. The average molecular weight is 386 g/mol. The highest BCUT2D eigenvalue weighted by Gasteiger charge is 2.28. The molecule has 154 valence electrons. The standard InChI is InChI=1S/C16H25NO2S.3C2H6/c1-5-14-8-6-7-9-17(14)20(18)16-12(2)10-15(19-4)11-13(16)3;3*1-2/h10-11,14H,5-9H2,1-4H3;3*1-2H3. The molecule has 3 nitrogen and oxygen atoms in total. The lowest BCUT2D eigenvalue weighted by atomic mass is 10.0. The first-order valence-corrected chi connectivity index (χ1v) is 11.5. The summed E-state index contributed by atoms with van der Waals surface area (Å²) in [5.74, 6) is 0.839. The lowest BCUT2D eigenvalue weighted by molar-refractivity contribution is 0.258. The summed E-state index contributed by atoms with van der Waals surface area (Å²) in [6.07, 6.45) is 4.64. The van der Waals surface area contributed by atoms with Gasteiger partial charge in [0.1, 0.15) is 16.7 Å². The molecular weight excluding hydrogens is 342 g/mol. The fourth-order valence-electron chi connectivity index (χ4n) is 3.02. The number of methoxy groups -OCH3 is 1. The van der Waals surface area contributed by atoms with Crippen LogP contribution in [-0.4, -0.2) is 28.2 Å². The molecule has 1 aliphatic heterocycles. The van der Waals surface area contributed by atoms with Crippen LogP contribution < -0.4 is 4.74 Å². The van der Waals surface area contributed by atoms with E-state index < -0.39 is 11.0 Å². The molecule has 0 saturated carbocycles. The van der Waals surface area contributed by atoms with E-state index in [9.17, 15) is 4.21 Å². The largest absolute Gasteiger partial charge is 0.497 e. The number of nitrogens with zero attached hydrogens (tertiary/aromatic N) is 1. The molecule has 2 atom stereocenters. The van der Waals surface area contributed by atoms with Crippen molar-refractivity contribution in [3.63, 3.8) is 0 Å². The predicted octanol–water partition coefficient (Wildman–Crippen LogP) is 6.68. The molecule has 1 aromatic carbocycles. The van der Waals surface area contributed by atoms with Crippen molar-refractivity contribution >= 4 is 11.0 Å². The molecular formula is C22H43NO2S. The van der Waals surface area contributed by atoms with Gasteiger partial charge in [-0.1, -0.05) is 54.9 Å². The van der Waals surface area contributed by atoms with Gasteiger partial charge < -0.3 is 4.74 Å². The molecule has 0 spiro atoms. The van der Waals surface area contributed by atoms with Crippen LogP contribution in [0.25, 0.3) is 0 Å². The number of piperidine rings is 1.